The summed E-state index contributed by atoms with van der Waals surface area (Å²) in [5.41, 5.74) is 6.59. The van der Waals surface area contributed by atoms with Crippen LogP contribution in [0.5, 0.6) is 5.75 Å². The van der Waals surface area contributed by atoms with Crippen LogP contribution in [-0.2, 0) is 4.74 Å². The summed E-state index contributed by atoms with van der Waals surface area (Å²) >= 11 is 0. The lowest BCUT2D eigenvalue weighted by Gasteiger charge is -2.20. The molecule has 1 fully saturated rings. The molecule has 1 aliphatic heterocycles. The van der Waals surface area contributed by atoms with E-state index in [0.717, 1.165) is 30.9 Å². The largest absolute Gasteiger partial charge is 0.497 e. The number of benzene rings is 1. The van der Waals surface area contributed by atoms with Crippen LogP contribution in [0.15, 0.2) is 29.3 Å². The first-order valence-electron chi connectivity index (χ1n) is 6.46. The highest BCUT2D eigenvalue weighted by Gasteiger charge is 2.29. The molecule has 0 spiro atoms. The minimum absolute atomic E-state index is 0. The summed E-state index contributed by atoms with van der Waals surface area (Å²) < 4.78 is 10.8. The molecule has 5 nitrogen and oxygen atoms in total. The van der Waals surface area contributed by atoms with Crippen molar-refractivity contribution in [1.82, 2.24) is 0 Å². The molecule has 1 atom stereocenters. The number of hydrogen-bond acceptors (Lipinski definition) is 3. The summed E-state index contributed by atoms with van der Waals surface area (Å²) in [5, 5.41) is 3.05. The smallest absolute Gasteiger partial charge is 0.193 e. The number of aliphatic imine (C=N–C) groups is 1. The van der Waals surface area contributed by atoms with E-state index in [0.29, 0.717) is 12.5 Å². The number of methoxy groups -OCH3 is 1. The van der Waals surface area contributed by atoms with Crippen molar-refractivity contribution in [3.63, 3.8) is 0 Å². The Bertz CT molecular complexity index is 442. The average Bonchev–Trinajstić information content (AvgIpc) is 2.85. The maximum Gasteiger partial charge on any atom is 0.193 e. The number of nitrogens with zero attached hydrogens (tertiary/aromatic N) is 1. The SMILES string of the molecule is COc1ccc(NC(N)=NCC2(C)CCCO2)cc1.I. The van der Waals surface area contributed by atoms with Crippen LogP contribution in [0.3, 0.4) is 0 Å². The number of hydrogen-bond donors (Lipinski definition) is 2. The van der Waals surface area contributed by atoms with Gasteiger partial charge in [-0.3, -0.25) is 4.99 Å². The Balaban J connectivity index is 0.00000200. The Morgan fingerprint density at radius 3 is 2.70 bits per heavy atom. The number of anilines is 1. The molecule has 0 bridgehead atoms. The highest BCUT2D eigenvalue weighted by molar-refractivity contribution is 14.0. The predicted molar refractivity (Wildman–Crippen MR) is 92.1 cm³/mol. The van der Waals surface area contributed by atoms with Gasteiger partial charge in [-0.2, -0.15) is 0 Å². The number of guanidine groups is 1. The lowest BCUT2D eigenvalue weighted by molar-refractivity contribution is 0.0284. The van der Waals surface area contributed by atoms with Gasteiger partial charge < -0.3 is 20.5 Å². The van der Waals surface area contributed by atoms with Gasteiger partial charge in [0, 0.05) is 12.3 Å². The van der Waals surface area contributed by atoms with Crippen LogP contribution in [0.1, 0.15) is 19.8 Å². The van der Waals surface area contributed by atoms with Gasteiger partial charge in [0.15, 0.2) is 5.96 Å². The maximum atomic E-state index is 5.87. The third-order valence-electron chi connectivity index (χ3n) is 3.25. The predicted octanol–water partition coefficient (Wildman–Crippen LogP) is 2.61. The van der Waals surface area contributed by atoms with Crippen LogP contribution in [0.4, 0.5) is 5.69 Å². The van der Waals surface area contributed by atoms with Crippen LogP contribution in [-0.4, -0.2) is 31.8 Å². The zero-order valence-electron chi connectivity index (χ0n) is 11.9. The fourth-order valence-electron chi connectivity index (χ4n) is 2.08. The minimum atomic E-state index is -0.161. The molecule has 20 heavy (non-hydrogen) atoms. The topological polar surface area (TPSA) is 68.9 Å². The average molecular weight is 391 g/mol. The van der Waals surface area contributed by atoms with E-state index < -0.39 is 0 Å². The Labute approximate surface area is 137 Å². The fraction of sp³-hybridized carbons (Fsp3) is 0.500. The van der Waals surface area contributed by atoms with Gasteiger partial charge in [0.25, 0.3) is 0 Å². The van der Waals surface area contributed by atoms with Crippen molar-refractivity contribution in [2.45, 2.75) is 25.4 Å². The van der Waals surface area contributed by atoms with E-state index in [2.05, 4.69) is 17.2 Å². The molecule has 0 radical (unpaired) electrons. The van der Waals surface area contributed by atoms with Crippen molar-refractivity contribution in [2.75, 3.05) is 25.6 Å². The summed E-state index contributed by atoms with van der Waals surface area (Å²) in [7, 11) is 1.64. The molecule has 1 aliphatic rings. The molecule has 1 unspecified atom stereocenters. The molecule has 0 aromatic heterocycles. The van der Waals surface area contributed by atoms with Crippen molar-refractivity contribution in [2.24, 2.45) is 10.7 Å². The molecular formula is C14H22IN3O2. The van der Waals surface area contributed by atoms with Gasteiger partial charge in [-0.1, -0.05) is 0 Å². The van der Waals surface area contributed by atoms with Crippen molar-refractivity contribution >= 4 is 35.6 Å². The number of rotatable bonds is 4. The molecular weight excluding hydrogens is 369 g/mol. The van der Waals surface area contributed by atoms with Crippen LogP contribution in [0.2, 0.25) is 0 Å². The summed E-state index contributed by atoms with van der Waals surface area (Å²) in [6.45, 7) is 3.48. The second-order valence-electron chi connectivity index (χ2n) is 4.96. The van der Waals surface area contributed by atoms with E-state index in [4.69, 9.17) is 15.2 Å². The van der Waals surface area contributed by atoms with Crippen molar-refractivity contribution in [3.8, 4) is 5.75 Å². The summed E-state index contributed by atoms with van der Waals surface area (Å²) in [6, 6.07) is 7.54. The zero-order valence-corrected chi connectivity index (χ0v) is 14.2. The molecule has 2 rings (SSSR count). The molecule has 6 heteroatoms. The van der Waals surface area contributed by atoms with Gasteiger partial charge in [-0.05, 0) is 44.0 Å². The molecule has 0 amide bonds. The van der Waals surface area contributed by atoms with E-state index in [-0.39, 0.29) is 29.6 Å². The molecule has 0 aliphatic carbocycles. The summed E-state index contributed by atoms with van der Waals surface area (Å²) in [6.07, 6.45) is 2.13. The van der Waals surface area contributed by atoms with Crippen molar-refractivity contribution < 1.29 is 9.47 Å². The maximum absolute atomic E-state index is 5.87. The van der Waals surface area contributed by atoms with Gasteiger partial charge in [-0.25, -0.2) is 0 Å². The molecule has 1 aromatic rings. The molecule has 1 heterocycles. The van der Waals surface area contributed by atoms with E-state index in [1.165, 1.54) is 0 Å². The Morgan fingerprint density at radius 2 is 2.15 bits per heavy atom. The van der Waals surface area contributed by atoms with Crippen LogP contribution in [0, 0.1) is 0 Å². The first-order valence-corrected chi connectivity index (χ1v) is 6.46. The van der Waals surface area contributed by atoms with Gasteiger partial charge in [0.05, 0.1) is 19.3 Å². The lowest BCUT2D eigenvalue weighted by Crippen LogP contribution is -2.30. The van der Waals surface area contributed by atoms with E-state index >= 15 is 0 Å². The normalized spacial score (nSPS) is 22.2. The minimum Gasteiger partial charge on any atom is -0.497 e. The molecule has 3 N–H and O–H groups in total. The van der Waals surface area contributed by atoms with Crippen LogP contribution in [0.25, 0.3) is 0 Å². The van der Waals surface area contributed by atoms with Crippen LogP contribution < -0.4 is 15.8 Å². The van der Waals surface area contributed by atoms with E-state index in [1.54, 1.807) is 7.11 Å². The van der Waals surface area contributed by atoms with Crippen molar-refractivity contribution in [3.05, 3.63) is 24.3 Å². The Kier molecular flexibility index (Phi) is 6.54. The summed E-state index contributed by atoms with van der Waals surface area (Å²) in [5.74, 6) is 1.22. The van der Waals surface area contributed by atoms with E-state index in [9.17, 15) is 0 Å². The number of nitrogens with two attached hydrogens (primary N) is 1. The first kappa shape index (κ1) is 17.0. The second-order valence-corrected chi connectivity index (χ2v) is 4.96. The standard InChI is InChI=1S/C14H21N3O2.HI/c1-14(8-3-9-19-14)10-16-13(15)17-11-4-6-12(18-2)7-5-11;/h4-7H,3,8-10H2,1-2H3,(H3,15,16,17);1H. The number of nitrogens with one attached hydrogen (secondary N) is 1. The highest BCUT2D eigenvalue weighted by atomic mass is 127. The Hall–Kier alpha value is -1.02. The fourth-order valence-corrected chi connectivity index (χ4v) is 2.08. The number of halogens is 1. The van der Waals surface area contributed by atoms with Crippen LogP contribution >= 0.6 is 24.0 Å². The molecule has 0 saturated carbocycles. The van der Waals surface area contributed by atoms with Gasteiger partial charge in [0.2, 0.25) is 0 Å². The summed E-state index contributed by atoms with van der Waals surface area (Å²) in [4.78, 5) is 4.34. The number of ether oxygens (including phenoxy) is 2. The van der Waals surface area contributed by atoms with E-state index in [1.807, 2.05) is 24.3 Å². The third kappa shape index (κ3) is 4.82. The quantitative estimate of drug-likeness (QED) is 0.471. The van der Waals surface area contributed by atoms with Gasteiger partial charge in [-0.15, -0.1) is 24.0 Å². The molecule has 1 aromatic carbocycles. The second kappa shape index (κ2) is 7.68. The third-order valence-corrected chi connectivity index (χ3v) is 3.25. The molecule has 1 saturated heterocycles. The monoisotopic (exact) mass is 391 g/mol. The van der Waals surface area contributed by atoms with Crippen molar-refractivity contribution in [1.29, 1.82) is 0 Å². The van der Waals surface area contributed by atoms with Gasteiger partial charge >= 0.3 is 0 Å². The lowest BCUT2D eigenvalue weighted by atomic mass is 10.0. The Morgan fingerprint density at radius 1 is 1.45 bits per heavy atom. The molecule has 112 valence electrons. The highest BCUT2D eigenvalue weighted by Crippen LogP contribution is 2.25. The first-order chi connectivity index (χ1) is 9.11. The zero-order chi connectivity index (χ0) is 13.7. The van der Waals surface area contributed by atoms with Gasteiger partial charge in [0.1, 0.15) is 5.75 Å².